The van der Waals surface area contributed by atoms with Gasteiger partial charge in [0.05, 0.1) is 6.61 Å². The monoisotopic (exact) mass is 286 g/mol. The van der Waals surface area contributed by atoms with E-state index in [0.29, 0.717) is 27.3 Å². The molecule has 0 aliphatic heterocycles. The summed E-state index contributed by atoms with van der Waals surface area (Å²) in [4.78, 5) is 12.2. The van der Waals surface area contributed by atoms with Crippen LogP contribution in [0.4, 0.5) is 5.82 Å². The first kappa shape index (κ1) is 13.5. The highest BCUT2D eigenvalue weighted by Gasteiger charge is 2.24. The maximum absolute atomic E-state index is 11.8. The molecule has 18 heavy (non-hydrogen) atoms. The van der Waals surface area contributed by atoms with E-state index in [2.05, 4.69) is 0 Å². The van der Waals surface area contributed by atoms with Gasteiger partial charge in [-0.2, -0.15) is 0 Å². The average molecular weight is 286 g/mol. The van der Waals surface area contributed by atoms with Crippen LogP contribution in [0.2, 0.25) is 0 Å². The molecule has 0 saturated heterocycles. The van der Waals surface area contributed by atoms with Crippen LogP contribution in [0.15, 0.2) is 0 Å². The zero-order valence-electron chi connectivity index (χ0n) is 10.5. The number of nitrogen functional groups attached to an aromatic ring is 1. The molecule has 2 N–H and O–H groups in total. The standard InChI is InChI=1S/C12H18N2O2S2/c1-2-16-11(15)9-10(13)14(12(17)18-9)8-6-4-3-5-7-8/h8H,2-7,13H2,1H3. The Balaban J connectivity index is 2.31. The van der Waals surface area contributed by atoms with Crippen molar-refractivity contribution in [3.05, 3.63) is 8.83 Å². The lowest BCUT2D eigenvalue weighted by Crippen LogP contribution is -2.16. The maximum atomic E-state index is 11.8. The average Bonchev–Trinajstić information content (AvgIpc) is 2.66. The molecule has 1 fully saturated rings. The van der Waals surface area contributed by atoms with Gasteiger partial charge in [0.15, 0.2) is 8.83 Å². The highest BCUT2D eigenvalue weighted by molar-refractivity contribution is 7.73. The minimum Gasteiger partial charge on any atom is -0.462 e. The van der Waals surface area contributed by atoms with Crippen molar-refractivity contribution in [3.63, 3.8) is 0 Å². The molecule has 1 aromatic heterocycles. The molecular weight excluding hydrogens is 268 g/mol. The Morgan fingerprint density at radius 3 is 2.78 bits per heavy atom. The number of hydrogen-bond acceptors (Lipinski definition) is 5. The van der Waals surface area contributed by atoms with Crippen LogP contribution in [0.1, 0.15) is 54.7 Å². The van der Waals surface area contributed by atoms with Crippen molar-refractivity contribution in [1.82, 2.24) is 4.57 Å². The summed E-state index contributed by atoms with van der Waals surface area (Å²) in [7, 11) is 0. The van der Waals surface area contributed by atoms with Crippen LogP contribution >= 0.6 is 23.6 Å². The molecule has 0 radical (unpaired) electrons. The molecule has 1 aliphatic carbocycles. The number of esters is 1. The van der Waals surface area contributed by atoms with Crippen molar-refractivity contribution in [1.29, 1.82) is 0 Å². The zero-order chi connectivity index (χ0) is 13.1. The molecule has 0 aromatic carbocycles. The summed E-state index contributed by atoms with van der Waals surface area (Å²) < 4.78 is 7.63. The third-order valence-electron chi connectivity index (χ3n) is 3.28. The Morgan fingerprint density at radius 1 is 1.50 bits per heavy atom. The van der Waals surface area contributed by atoms with Crippen molar-refractivity contribution < 1.29 is 9.53 Å². The van der Waals surface area contributed by atoms with E-state index >= 15 is 0 Å². The van der Waals surface area contributed by atoms with E-state index in [1.54, 1.807) is 6.92 Å². The van der Waals surface area contributed by atoms with E-state index in [0.717, 1.165) is 12.8 Å². The molecule has 0 spiro atoms. The van der Waals surface area contributed by atoms with Gasteiger partial charge in [0.1, 0.15) is 5.82 Å². The molecule has 2 rings (SSSR count). The van der Waals surface area contributed by atoms with Gasteiger partial charge in [0, 0.05) is 6.04 Å². The minimum atomic E-state index is -0.361. The minimum absolute atomic E-state index is 0.352. The number of rotatable bonds is 3. The number of carbonyl (C=O) groups is 1. The highest BCUT2D eigenvalue weighted by atomic mass is 32.1. The summed E-state index contributed by atoms with van der Waals surface area (Å²) >= 11 is 6.60. The molecule has 1 saturated carbocycles. The summed E-state index contributed by atoms with van der Waals surface area (Å²) in [5.74, 6) is 0.121. The Morgan fingerprint density at radius 2 is 2.17 bits per heavy atom. The van der Waals surface area contributed by atoms with E-state index < -0.39 is 0 Å². The fourth-order valence-corrected chi connectivity index (χ4v) is 3.79. The van der Waals surface area contributed by atoms with Gasteiger partial charge in [-0.15, -0.1) is 0 Å². The Bertz CT molecular complexity index is 487. The molecule has 4 nitrogen and oxygen atoms in total. The fourth-order valence-electron chi connectivity index (χ4n) is 2.42. The predicted octanol–water partition coefficient (Wildman–Crippen LogP) is 3.54. The van der Waals surface area contributed by atoms with E-state index in [4.69, 9.17) is 22.7 Å². The second-order valence-electron chi connectivity index (χ2n) is 4.46. The van der Waals surface area contributed by atoms with E-state index in [1.807, 2.05) is 4.57 Å². The molecule has 6 heteroatoms. The second-order valence-corrected chi connectivity index (χ2v) is 6.11. The van der Waals surface area contributed by atoms with Crippen LogP contribution < -0.4 is 5.73 Å². The number of thiazole rings is 1. The van der Waals surface area contributed by atoms with Crippen LogP contribution in [0.5, 0.6) is 0 Å². The second kappa shape index (κ2) is 5.84. The van der Waals surface area contributed by atoms with Gasteiger partial charge >= 0.3 is 5.97 Å². The first-order valence-corrected chi connectivity index (χ1v) is 7.55. The molecule has 0 unspecified atom stereocenters. The van der Waals surface area contributed by atoms with Crippen LogP contribution in [0.25, 0.3) is 0 Å². The van der Waals surface area contributed by atoms with Gasteiger partial charge in [-0.25, -0.2) is 4.79 Å². The number of aromatic nitrogens is 1. The van der Waals surface area contributed by atoms with Crippen molar-refractivity contribution in [2.45, 2.75) is 45.1 Å². The third-order valence-corrected chi connectivity index (χ3v) is 4.68. The summed E-state index contributed by atoms with van der Waals surface area (Å²) in [5.41, 5.74) is 6.07. The van der Waals surface area contributed by atoms with Gasteiger partial charge in [-0.1, -0.05) is 30.6 Å². The number of ether oxygens (including phenoxy) is 1. The maximum Gasteiger partial charge on any atom is 0.352 e. The largest absolute Gasteiger partial charge is 0.462 e. The summed E-state index contributed by atoms with van der Waals surface area (Å²) in [6, 6.07) is 0.352. The zero-order valence-corrected chi connectivity index (χ0v) is 12.1. The van der Waals surface area contributed by atoms with E-state index in [1.165, 1.54) is 30.6 Å². The molecular formula is C12H18N2O2S2. The van der Waals surface area contributed by atoms with Crippen LogP contribution in [0.3, 0.4) is 0 Å². The molecule has 0 amide bonds. The Hall–Kier alpha value is -0.880. The number of carbonyl (C=O) groups excluding carboxylic acids is 1. The third kappa shape index (κ3) is 2.59. The molecule has 1 aliphatic rings. The fraction of sp³-hybridized carbons (Fsp3) is 0.667. The van der Waals surface area contributed by atoms with Crippen molar-refractivity contribution in [3.8, 4) is 0 Å². The van der Waals surface area contributed by atoms with Crippen molar-refractivity contribution in [2.75, 3.05) is 12.3 Å². The van der Waals surface area contributed by atoms with Gasteiger partial charge in [-0.05, 0) is 32.0 Å². The first-order valence-electron chi connectivity index (χ1n) is 6.33. The van der Waals surface area contributed by atoms with Gasteiger partial charge in [0.2, 0.25) is 0 Å². The summed E-state index contributed by atoms with van der Waals surface area (Å²) in [6.45, 7) is 2.14. The molecule has 1 aromatic rings. The molecule has 0 atom stereocenters. The lowest BCUT2D eigenvalue weighted by Gasteiger charge is -2.24. The number of nitrogens with two attached hydrogens (primary N) is 1. The Labute approximate surface area is 116 Å². The van der Waals surface area contributed by atoms with Crippen molar-refractivity contribution in [2.24, 2.45) is 0 Å². The highest BCUT2D eigenvalue weighted by Crippen LogP contribution is 2.34. The molecule has 1 heterocycles. The number of hydrogen-bond donors (Lipinski definition) is 1. The molecule has 0 bridgehead atoms. The van der Waals surface area contributed by atoms with Gasteiger partial charge in [-0.3, -0.25) is 0 Å². The SMILES string of the molecule is CCOC(=O)c1sc(=S)n(C2CCCCC2)c1N. The summed E-state index contributed by atoms with van der Waals surface area (Å²) in [5, 5.41) is 0. The van der Waals surface area contributed by atoms with Crippen LogP contribution in [0, 0.1) is 3.95 Å². The van der Waals surface area contributed by atoms with Crippen LogP contribution in [-0.4, -0.2) is 17.1 Å². The number of nitrogens with zero attached hydrogens (tertiary/aromatic N) is 1. The van der Waals surface area contributed by atoms with Gasteiger partial charge < -0.3 is 15.0 Å². The topological polar surface area (TPSA) is 57.2 Å². The lowest BCUT2D eigenvalue weighted by atomic mass is 9.95. The smallest absolute Gasteiger partial charge is 0.352 e. The normalized spacial score (nSPS) is 16.7. The van der Waals surface area contributed by atoms with Crippen LogP contribution in [-0.2, 0) is 4.74 Å². The lowest BCUT2D eigenvalue weighted by molar-refractivity contribution is 0.0532. The first-order chi connectivity index (χ1) is 8.65. The Kier molecular flexibility index (Phi) is 4.40. The quantitative estimate of drug-likeness (QED) is 0.682. The van der Waals surface area contributed by atoms with E-state index in [-0.39, 0.29) is 5.97 Å². The molecule has 100 valence electrons. The predicted molar refractivity (Wildman–Crippen MR) is 75.6 cm³/mol. The van der Waals surface area contributed by atoms with Gasteiger partial charge in [0.25, 0.3) is 0 Å². The summed E-state index contributed by atoms with van der Waals surface area (Å²) in [6.07, 6.45) is 5.88. The van der Waals surface area contributed by atoms with E-state index in [9.17, 15) is 4.79 Å². The number of anilines is 1. The van der Waals surface area contributed by atoms with Crippen molar-refractivity contribution >= 4 is 35.3 Å².